The van der Waals surface area contributed by atoms with E-state index in [1.54, 1.807) is 42.5 Å². The minimum atomic E-state index is -1.32. The molecule has 0 bridgehead atoms. The molecule has 0 saturated heterocycles. The van der Waals surface area contributed by atoms with E-state index < -0.39 is 39.9 Å². The summed E-state index contributed by atoms with van der Waals surface area (Å²) in [5.74, 6) is -2.07. The number of carbonyl (C=O) groups excluding carboxylic acids is 2. The van der Waals surface area contributed by atoms with Gasteiger partial charge in [0.15, 0.2) is 4.90 Å². The van der Waals surface area contributed by atoms with Gasteiger partial charge in [0.2, 0.25) is 5.91 Å². The van der Waals surface area contributed by atoms with Crippen molar-refractivity contribution in [3.63, 3.8) is 0 Å². The van der Waals surface area contributed by atoms with Crippen LogP contribution in [0.3, 0.4) is 0 Å². The van der Waals surface area contributed by atoms with E-state index in [1.807, 2.05) is 0 Å². The third-order valence-corrected chi connectivity index (χ3v) is 5.34. The average Bonchev–Trinajstić information content (AvgIpc) is 2.66. The number of amides is 2. The van der Waals surface area contributed by atoms with Gasteiger partial charge in [-0.1, -0.05) is 18.2 Å². The molecule has 3 rings (SSSR count). The van der Waals surface area contributed by atoms with Crippen molar-refractivity contribution in [2.24, 2.45) is 7.05 Å². The molecule has 0 aliphatic carbocycles. The van der Waals surface area contributed by atoms with E-state index in [-0.39, 0.29) is 11.1 Å². The molecule has 28 heavy (non-hydrogen) atoms. The van der Waals surface area contributed by atoms with Gasteiger partial charge >= 0.3 is 0 Å². The van der Waals surface area contributed by atoms with Crippen LogP contribution in [0.25, 0.3) is 10.9 Å². The van der Waals surface area contributed by atoms with Gasteiger partial charge in [0.05, 0.1) is 11.2 Å². The summed E-state index contributed by atoms with van der Waals surface area (Å²) >= 11 is -1.32. The molecule has 2 amide bonds. The fourth-order valence-corrected chi connectivity index (χ4v) is 3.56. The van der Waals surface area contributed by atoms with Gasteiger partial charge in [-0.05, 0) is 35.4 Å². The summed E-state index contributed by atoms with van der Waals surface area (Å²) in [5, 5.41) is 10.9. The third kappa shape index (κ3) is 3.28. The van der Waals surface area contributed by atoms with Crippen LogP contribution >= 0.6 is 0 Å². The topological polar surface area (TPSA) is 103 Å². The third-order valence-electron chi connectivity index (χ3n) is 4.42. The van der Waals surface area contributed by atoms with Gasteiger partial charge < -0.3 is 14.2 Å². The Hall–Kier alpha value is -3.10. The summed E-state index contributed by atoms with van der Waals surface area (Å²) in [6.45, 7) is 1.20. The molecule has 1 atom stereocenters. The molecule has 0 fully saturated rings. The van der Waals surface area contributed by atoms with Crippen molar-refractivity contribution in [3.05, 3.63) is 64.4 Å². The molecule has 7 nitrogen and oxygen atoms in total. The van der Waals surface area contributed by atoms with Crippen LogP contribution in [0.5, 0.6) is 5.75 Å². The lowest BCUT2D eigenvalue weighted by Crippen LogP contribution is -2.39. The number of carbonyl (C=O) groups is 2. The minimum Gasteiger partial charge on any atom is -0.612 e. The molecule has 0 aliphatic heterocycles. The maximum Gasteiger partial charge on any atom is 0.274 e. The highest BCUT2D eigenvalue weighted by molar-refractivity contribution is 7.90. The van der Waals surface area contributed by atoms with Crippen molar-refractivity contribution >= 4 is 39.6 Å². The number of para-hydroxylation sites is 1. The van der Waals surface area contributed by atoms with Crippen LogP contribution < -0.4 is 10.5 Å². The molecule has 1 heterocycles. The quantitative estimate of drug-likeness (QED) is 0.681. The van der Waals surface area contributed by atoms with Crippen molar-refractivity contribution in [2.45, 2.75) is 11.8 Å². The zero-order chi connectivity index (χ0) is 20.6. The second-order valence-electron chi connectivity index (χ2n) is 6.22. The van der Waals surface area contributed by atoms with Crippen molar-refractivity contribution < 1.29 is 19.2 Å². The number of benzene rings is 2. The predicted octanol–water partition coefficient (Wildman–Crippen LogP) is 2.17. The molecule has 0 aliphatic rings. The molecule has 1 aromatic heterocycles. The number of fused-ring (bicyclic) bond motifs is 1. The van der Waals surface area contributed by atoms with E-state index in [0.29, 0.717) is 10.4 Å². The minimum absolute atomic E-state index is 0.203. The lowest BCUT2D eigenvalue weighted by molar-refractivity contribution is -0.115. The molecule has 2 aromatic carbocycles. The Morgan fingerprint density at radius 2 is 1.79 bits per heavy atom. The number of rotatable bonds is 3. The molecule has 3 aromatic rings. The number of aryl methyl sites for hydroxylation is 1. The van der Waals surface area contributed by atoms with Crippen LogP contribution in [-0.2, 0) is 23.0 Å². The highest BCUT2D eigenvalue weighted by atomic mass is 32.2. The van der Waals surface area contributed by atoms with Crippen molar-refractivity contribution in [2.75, 3.05) is 11.2 Å². The van der Waals surface area contributed by atoms with Crippen LogP contribution in [0.15, 0.2) is 58.2 Å². The summed E-state index contributed by atoms with van der Waals surface area (Å²) in [5.41, 5.74) is -0.595. The number of hydrogen-bond donors (Lipinski definition) is 1. The first-order valence-corrected chi connectivity index (χ1v) is 9.89. The Morgan fingerprint density at radius 3 is 2.36 bits per heavy atom. The number of aromatic nitrogens is 1. The Morgan fingerprint density at radius 1 is 1.14 bits per heavy atom. The van der Waals surface area contributed by atoms with E-state index in [9.17, 15) is 24.0 Å². The van der Waals surface area contributed by atoms with Gasteiger partial charge in [-0.15, -0.1) is 0 Å². The smallest absolute Gasteiger partial charge is 0.274 e. The van der Waals surface area contributed by atoms with E-state index in [4.69, 9.17) is 0 Å². The van der Waals surface area contributed by atoms with Gasteiger partial charge in [0.1, 0.15) is 17.6 Å². The SMILES string of the molecule is CC(=O)N(C(=O)c1c(O)c2cc([S+](C)[O-])ccc2n(C)c1=O)c1ccccc1. The molecule has 1 unspecified atom stereocenters. The zero-order valence-electron chi connectivity index (χ0n) is 15.5. The highest BCUT2D eigenvalue weighted by Crippen LogP contribution is 2.30. The van der Waals surface area contributed by atoms with Crippen LogP contribution in [0.1, 0.15) is 17.3 Å². The normalized spacial score (nSPS) is 12.0. The van der Waals surface area contributed by atoms with Gasteiger partial charge in [-0.3, -0.25) is 14.4 Å². The number of hydrogen-bond acceptors (Lipinski definition) is 5. The van der Waals surface area contributed by atoms with Gasteiger partial charge in [0, 0.05) is 25.4 Å². The van der Waals surface area contributed by atoms with Crippen LogP contribution in [0.2, 0.25) is 0 Å². The molecule has 144 valence electrons. The lowest BCUT2D eigenvalue weighted by atomic mass is 10.1. The number of pyridine rings is 1. The standard InChI is InChI=1S/C20H18N2O5S/c1-12(23)22(13-7-5-4-6-8-13)20(26)17-18(24)15-11-14(28(3)27)9-10-16(15)21(2)19(17)25/h4-11,24H,1-3H3. The van der Waals surface area contributed by atoms with Crippen LogP contribution in [0.4, 0.5) is 5.69 Å². The van der Waals surface area contributed by atoms with Gasteiger partial charge in [0.25, 0.3) is 11.5 Å². The Labute approximate surface area is 164 Å². The van der Waals surface area contributed by atoms with Crippen LogP contribution in [-0.4, -0.2) is 32.3 Å². The summed E-state index contributed by atoms with van der Waals surface area (Å²) in [7, 11) is 1.46. The molecule has 0 spiro atoms. The Balaban J connectivity index is 2.28. The van der Waals surface area contributed by atoms with Crippen LogP contribution in [0, 0.1) is 0 Å². The second-order valence-corrected chi connectivity index (χ2v) is 7.60. The number of anilines is 1. The summed E-state index contributed by atoms with van der Waals surface area (Å²) in [6, 6.07) is 12.8. The second kappa shape index (κ2) is 7.49. The number of nitrogens with zero attached hydrogens (tertiary/aromatic N) is 2. The maximum absolute atomic E-state index is 13.1. The van der Waals surface area contributed by atoms with E-state index in [0.717, 1.165) is 4.90 Å². The fraction of sp³-hybridized carbons (Fsp3) is 0.150. The van der Waals surface area contributed by atoms with E-state index >= 15 is 0 Å². The lowest BCUT2D eigenvalue weighted by Gasteiger charge is -2.20. The predicted molar refractivity (Wildman–Crippen MR) is 107 cm³/mol. The first-order chi connectivity index (χ1) is 13.2. The Kier molecular flexibility index (Phi) is 5.26. The molecule has 0 radical (unpaired) electrons. The molecule has 8 heteroatoms. The van der Waals surface area contributed by atoms with Crippen molar-refractivity contribution in [1.82, 2.24) is 4.57 Å². The molecule has 1 N–H and O–H groups in total. The van der Waals surface area contributed by atoms with Gasteiger partial charge in [-0.25, -0.2) is 4.90 Å². The fourth-order valence-electron chi connectivity index (χ4n) is 3.01. The highest BCUT2D eigenvalue weighted by Gasteiger charge is 2.29. The largest absolute Gasteiger partial charge is 0.612 e. The first kappa shape index (κ1) is 19.7. The average molecular weight is 398 g/mol. The van der Waals surface area contributed by atoms with Gasteiger partial charge in [-0.2, -0.15) is 0 Å². The van der Waals surface area contributed by atoms with Crippen molar-refractivity contribution in [1.29, 1.82) is 0 Å². The zero-order valence-corrected chi connectivity index (χ0v) is 16.3. The van der Waals surface area contributed by atoms with Crippen molar-refractivity contribution in [3.8, 4) is 5.75 Å². The summed E-state index contributed by atoms with van der Waals surface area (Å²) in [6.07, 6.45) is 1.49. The number of imide groups is 1. The molecular weight excluding hydrogens is 380 g/mol. The summed E-state index contributed by atoms with van der Waals surface area (Å²) in [4.78, 5) is 39.3. The van der Waals surface area contributed by atoms with E-state index in [1.165, 1.54) is 30.9 Å². The number of aromatic hydroxyl groups is 1. The monoisotopic (exact) mass is 398 g/mol. The Bertz CT molecular complexity index is 1140. The first-order valence-electron chi connectivity index (χ1n) is 8.33. The summed E-state index contributed by atoms with van der Waals surface area (Å²) < 4.78 is 13.0. The van der Waals surface area contributed by atoms with E-state index in [2.05, 4.69) is 0 Å². The molecular formula is C20H18N2O5S. The molecule has 0 saturated carbocycles. The maximum atomic E-state index is 13.1.